The number of imidazole rings is 1. The Balaban J connectivity index is 1.73. The third-order valence-electron chi connectivity index (χ3n) is 4.32. The van der Waals surface area contributed by atoms with Gasteiger partial charge in [-0.15, -0.1) is 0 Å². The minimum absolute atomic E-state index is 0.0423. The van der Waals surface area contributed by atoms with Gasteiger partial charge >= 0.3 is 7.12 Å². The van der Waals surface area contributed by atoms with E-state index in [1.807, 2.05) is 52.0 Å². The molecule has 5 nitrogen and oxygen atoms in total. The summed E-state index contributed by atoms with van der Waals surface area (Å²) in [6, 6.07) is 7.35. The van der Waals surface area contributed by atoms with Crippen molar-refractivity contribution in [3.63, 3.8) is 0 Å². The summed E-state index contributed by atoms with van der Waals surface area (Å²) in [6.07, 6.45) is 1.52. The Labute approximate surface area is 159 Å². The number of halogens is 2. The molecule has 0 spiro atoms. The highest BCUT2D eigenvalue weighted by atomic mass is 19.3. The van der Waals surface area contributed by atoms with Gasteiger partial charge in [0.25, 0.3) is 5.92 Å². The Hall–Kier alpha value is -1.77. The Morgan fingerprint density at radius 3 is 2.26 bits per heavy atom. The summed E-state index contributed by atoms with van der Waals surface area (Å²) < 4.78 is 38.5. The molecule has 2 aromatic rings. The van der Waals surface area contributed by atoms with Gasteiger partial charge in [-0.05, 0) is 38.7 Å². The van der Waals surface area contributed by atoms with Crippen LogP contribution >= 0.6 is 0 Å². The number of alkyl halides is 2. The summed E-state index contributed by atoms with van der Waals surface area (Å²) in [7, 11) is -0.429. The molecule has 0 bridgehead atoms. The molecule has 1 atom stereocenters. The van der Waals surface area contributed by atoms with E-state index in [9.17, 15) is 8.78 Å². The Bertz CT molecular complexity index is 740. The molecule has 27 heavy (non-hydrogen) atoms. The zero-order chi connectivity index (χ0) is 19.6. The fourth-order valence-electron chi connectivity index (χ4n) is 3.07. The SMILES string of the molecule is CC(C)OB(OC(C)C)c1ccc(-c2cnc(C3CC(F)(F)CN3)[nH]2)cc1. The summed E-state index contributed by atoms with van der Waals surface area (Å²) in [5.41, 5.74) is 2.65. The van der Waals surface area contributed by atoms with E-state index in [0.717, 1.165) is 16.7 Å². The van der Waals surface area contributed by atoms with Gasteiger partial charge < -0.3 is 19.6 Å². The number of H-pyrrole nitrogens is 1. The largest absolute Gasteiger partial charge is 0.494 e. The molecule has 1 fully saturated rings. The van der Waals surface area contributed by atoms with E-state index in [2.05, 4.69) is 15.3 Å². The third-order valence-corrected chi connectivity index (χ3v) is 4.32. The number of hydrogen-bond acceptors (Lipinski definition) is 4. The fourth-order valence-corrected chi connectivity index (χ4v) is 3.07. The average Bonchev–Trinajstić information content (AvgIpc) is 3.20. The van der Waals surface area contributed by atoms with Crippen molar-refractivity contribution < 1.29 is 18.1 Å². The van der Waals surface area contributed by atoms with E-state index in [0.29, 0.717) is 5.82 Å². The number of nitrogens with zero attached hydrogens (tertiary/aromatic N) is 1. The molecular weight excluding hydrogens is 351 g/mol. The van der Waals surface area contributed by atoms with E-state index in [1.54, 1.807) is 6.20 Å². The predicted molar refractivity (Wildman–Crippen MR) is 102 cm³/mol. The molecule has 1 aromatic heterocycles. The molecule has 2 heterocycles. The van der Waals surface area contributed by atoms with E-state index >= 15 is 0 Å². The summed E-state index contributed by atoms with van der Waals surface area (Å²) in [5, 5.41) is 2.81. The average molecular weight is 377 g/mol. The molecule has 0 radical (unpaired) electrons. The van der Waals surface area contributed by atoms with Gasteiger partial charge in [0.1, 0.15) is 5.82 Å². The van der Waals surface area contributed by atoms with Crippen molar-refractivity contribution in [1.29, 1.82) is 0 Å². The van der Waals surface area contributed by atoms with Crippen molar-refractivity contribution in [2.45, 2.75) is 58.3 Å². The van der Waals surface area contributed by atoms with Crippen molar-refractivity contribution in [2.24, 2.45) is 0 Å². The first kappa shape index (κ1) is 20.0. The van der Waals surface area contributed by atoms with E-state index < -0.39 is 19.1 Å². The van der Waals surface area contributed by atoms with Crippen LogP contribution in [0.4, 0.5) is 8.78 Å². The molecule has 3 rings (SSSR count). The minimum atomic E-state index is -2.68. The standard InChI is InChI=1S/C19H26BF2N3O2/c1-12(2)26-20(27-13(3)4)15-7-5-14(6-8-15)17-10-23-18(25-17)16-9-19(21,22)11-24-16/h5-8,10,12-13,16,24H,9,11H2,1-4H3,(H,23,25). The summed E-state index contributed by atoms with van der Waals surface area (Å²) in [5.74, 6) is -2.14. The van der Waals surface area contributed by atoms with Crippen LogP contribution in [-0.2, 0) is 9.31 Å². The lowest BCUT2D eigenvalue weighted by Gasteiger charge is -2.20. The van der Waals surface area contributed by atoms with Crippen LogP contribution in [0.1, 0.15) is 46.0 Å². The first-order chi connectivity index (χ1) is 12.7. The fraction of sp³-hybridized carbons (Fsp3) is 0.526. The van der Waals surface area contributed by atoms with Crippen LogP contribution in [0.3, 0.4) is 0 Å². The molecule has 146 valence electrons. The number of benzene rings is 1. The monoisotopic (exact) mass is 377 g/mol. The maximum Gasteiger partial charge on any atom is 0.494 e. The lowest BCUT2D eigenvalue weighted by Crippen LogP contribution is -2.40. The Morgan fingerprint density at radius 1 is 1.11 bits per heavy atom. The second-order valence-electron chi connectivity index (χ2n) is 7.50. The molecule has 0 saturated carbocycles. The number of aromatic nitrogens is 2. The zero-order valence-electron chi connectivity index (χ0n) is 16.1. The van der Waals surface area contributed by atoms with Gasteiger partial charge in [-0.2, -0.15) is 0 Å². The second-order valence-corrected chi connectivity index (χ2v) is 7.50. The molecule has 8 heteroatoms. The van der Waals surface area contributed by atoms with Crippen molar-refractivity contribution >= 4 is 12.6 Å². The molecule has 1 aromatic carbocycles. The van der Waals surface area contributed by atoms with Gasteiger partial charge in [-0.25, -0.2) is 13.8 Å². The second kappa shape index (κ2) is 8.08. The number of hydrogen-bond donors (Lipinski definition) is 2. The minimum Gasteiger partial charge on any atom is -0.405 e. The molecule has 2 N–H and O–H groups in total. The number of aromatic amines is 1. The van der Waals surface area contributed by atoms with Crippen LogP contribution < -0.4 is 10.8 Å². The molecule has 0 amide bonds. The van der Waals surface area contributed by atoms with Gasteiger partial charge in [0.05, 0.1) is 24.5 Å². The number of rotatable bonds is 7. The number of nitrogens with one attached hydrogen (secondary N) is 2. The van der Waals surface area contributed by atoms with E-state index in [-0.39, 0.29) is 25.2 Å². The van der Waals surface area contributed by atoms with Crippen molar-refractivity contribution in [3.05, 3.63) is 36.3 Å². The van der Waals surface area contributed by atoms with Gasteiger partial charge in [-0.3, -0.25) is 0 Å². The Morgan fingerprint density at radius 2 is 1.74 bits per heavy atom. The topological polar surface area (TPSA) is 59.2 Å². The first-order valence-corrected chi connectivity index (χ1v) is 9.31. The van der Waals surface area contributed by atoms with Crippen LogP contribution in [0.5, 0.6) is 0 Å². The highest BCUT2D eigenvalue weighted by molar-refractivity contribution is 6.61. The lowest BCUT2D eigenvalue weighted by molar-refractivity contribution is 0.0208. The quantitative estimate of drug-likeness (QED) is 0.727. The first-order valence-electron chi connectivity index (χ1n) is 9.31. The third kappa shape index (κ3) is 5.15. The van der Waals surface area contributed by atoms with E-state index in [1.165, 1.54) is 0 Å². The molecule has 0 aliphatic carbocycles. The van der Waals surface area contributed by atoms with Crippen LogP contribution in [0.15, 0.2) is 30.5 Å². The highest BCUT2D eigenvalue weighted by Crippen LogP contribution is 2.33. The molecule has 1 saturated heterocycles. The van der Waals surface area contributed by atoms with Crippen LogP contribution in [0.25, 0.3) is 11.3 Å². The maximum atomic E-state index is 13.4. The summed E-state index contributed by atoms with van der Waals surface area (Å²) in [4.78, 5) is 7.43. The van der Waals surface area contributed by atoms with Crippen LogP contribution in [-0.4, -0.2) is 41.8 Å². The molecule has 1 aliphatic heterocycles. The van der Waals surface area contributed by atoms with Gasteiger partial charge in [0.15, 0.2) is 0 Å². The molecular formula is C19H26BF2N3O2. The van der Waals surface area contributed by atoms with Gasteiger partial charge in [0, 0.05) is 18.6 Å². The Kier molecular flexibility index (Phi) is 5.98. The van der Waals surface area contributed by atoms with Gasteiger partial charge in [-0.1, -0.05) is 24.3 Å². The van der Waals surface area contributed by atoms with Crippen molar-refractivity contribution in [1.82, 2.24) is 15.3 Å². The molecule has 1 unspecified atom stereocenters. The highest BCUT2D eigenvalue weighted by Gasteiger charge is 2.40. The van der Waals surface area contributed by atoms with Gasteiger partial charge in [0.2, 0.25) is 0 Å². The normalized spacial score (nSPS) is 19.2. The predicted octanol–water partition coefficient (Wildman–Crippen LogP) is 3.29. The van der Waals surface area contributed by atoms with E-state index in [4.69, 9.17) is 9.31 Å². The van der Waals surface area contributed by atoms with Crippen molar-refractivity contribution in [2.75, 3.05) is 6.54 Å². The van der Waals surface area contributed by atoms with Crippen molar-refractivity contribution in [3.8, 4) is 11.3 Å². The summed E-state index contributed by atoms with van der Waals surface area (Å²) >= 11 is 0. The summed E-state index contributed by atoms with van der Waals surface area (Å²) in [6.45, 7) is 7.57. The van der Waals surface area contributed by atoms with Crippen LogP contribution in [0.2, 0.25) is 0 Å². The van der Waals surface area contributed by atoms with Crippen LogP contribution in [0, 0.1) is 0 Å². The molecule has 1 aliphatic rings. The zero-order valence-corrected chi connectivity index (χ0v) is 16.1. The maximum absolute atomic E-state index is 13.4. The lowest BCUT2D eigenvalue weighted by atomic mass is 9.77. The smallest absolute Gasteiger partial charge is 0.405 e.